The van der Waals surface area contributed by atoms with Crippen LogP contribution in [-0.2, 0) is 67.8 Å². The van der Waals surface area contributed by atoms with Gasteiger partial charge in [0.2, 0.25) is 0 Å². The summed E-state index contributed by atoms with van der Waals surface area (Å²) in [6, 6.07) is 32.5. The van der Waals surface area contributed by atoms with Crippen LogP contribution in [-0.4, -0.2) is 56.5 Å². The number of carbonyl (C=O) groups is 2. The van der Waals surface area contributed by atoms with Crippen LogP contribution in [0.25, 0.3) is 0 Å². The molecule has 2 aliphatic heterocycles. The molecule has 1 saturated heterocycles. The second kappa shape index (κ2) is 20.7. The van der Waals surface area contributed by atoms with Gasteiger partial charge in [-0.05, 0) is 163 Å². The fourth-order valence-electron chi connectivity index (χ4n) is 7.90. The summed E-state index contributed by atoms with van der Waals surface area (Å²) in [5.41, 5.74) is 5.49. The lowest BCUT2D eigenvalue weighted by Crippen LogP contribution is -2.35. The standard InChI is InChI=1S/C28H26F3NO4S.C26H36O4S/c1-27(2,3)37(35,36)17-20-8-5-18(6-9-20)4-7-19-10-15-23-24(16-19)26(34)32(25(23)33)22-13-11-21(12-14-22)28(29,30)31;1-19-16-25(17-20(2)29-19)30-24-14-12-22(13-15-24)7-6-21-8-10-23(11-9-21)18-31(27,28)26(3,4)5/h5-6,8-16H,4,7,17H2,1-3H3;8-15,19-20,25H,6-7,16-18H2,1-5H3. The highest BCUT2D eigenvalue weighted by Gasteiger charge is 2.38. The van der Waals surface area contributed by atoms with E-state index in [2.05, 4.69) is 38.1 Å². The van der Waals surface area contributed by atoms with Crippen molar-refractivity contribution in [1.29, 1.82) is 0 Å². The maximum atomic E-state index is 13.0. The summed E-state index contributed by atoms with van der Waals surface area (Å²) < 4.78 is 98.6. The highest BCUT2D eigenvalue weighted by atomic mass is 32.2. The Hall–Kier alpha value is -5.31. The van der Waals surface area contributed by atoms with Crippen LogP contribution in [0.1, 0.15) is 128 Å². The third-order valence-electron chi connectivity index (χ3n) is 12.3. The van der Waals surface area contributed by atoms with Gasteiger partial charge in [0.1, 0.15) is 11.9 Å². The van der Waals surface area contributed by atoms with E-state index in [4.69, 9.17) is 9.47 Å². The molecule has 0 radical (unpaired) electrons. The monoisotopic (exact) mass is 973 g/mol. The Labute approximate surface area is 399 Å². The molecule has 9 nitrogen and oxygen atoms in total. The smallest absolute Gasteiger partial charge is 0.416 e. The quantitative estimate of drug-likeness (QED) is 0.107. The Morgan fingerprint density at radius 1 is 0.544 bits per heavy atom. The minimum Gasteiger partial charge on any atom is -0.490 e. The Kier molecular flexibility index (Phi) is 15.9. The maximum Gasteiger partial charge on any atom is 0.416 e. The number of benzene rings is 5. The zero-order chi connectivity index (χ0) is 49.8. The van der Waals surface area contributed by atoms with Gasteiger partial charge in [0, 0.05) is 12.8 Å². The Bertz CT molecular complexity index is 2770. The molecule has 2 heterocycles. The molecule has 364 valence electrons. The molecule has 2 unspecified atom stereocenters. The van der Waals surface area contributed by atoms with E-state index in [-0.39, 0.29) is 46.6 Å². The number of amides is 2. The molecule has 0 aromatic heterocycles. The van der Waals surface area contributed by atoms with Gasteiger partial charge in [-0.3, -0.25) is 9.59 Å². The van der Waals surface area contributed by atoms with Crippen LogP contribution in [0.5, 0.6) is 5.75 Å². The molecule has 0 bridgehead atoms. The van der Waals surface area contributed by atoms with Crippen LogP contribution in [0, 0.1) is 0 Å². The number of aryl methyl sites for hydroxylation is 4. The third-order valence-corrected chi connectivity index (χ3v) is 17.5. The van der Waals surface area contributed by atoms with E-state index < -0.39 is 52.7 Å². The van der Waals surface area contributed by atoms with Crippen molar-refractivity contribution in [3.05, 3.63) is 165 Å². The average Bonchev–Trinajstić information content (AvgIpc) is 3.50. The zero-order valence-electron chi connectivity index (χ0n) is 40.0. The summed E-state index contributed by atoms with van der Waals surface area (Å²) >= 11 is 0. The molecular formula is C54H62F3NO8S2. The van der Waals surface area contributed by atoms with Gasteiger partial charge in [0.05, 0.1) is 55.6 Å². The normalized spacial score (nSPS) is 17.9. The summed E-state index contributed by atoms with van der Waals surface area (Å²) in [6.45, 7) is 14.5. The van der Waals surface area contributed by atoms with Crippen molar-refractivity contribution >= 4 is 37.2 Å². The van der Waals surface area contributed by atoms with Crippen LogP contribution >= 0.6 is 0 Å². The summed E-state index contributed by atoms with van der Waals surface area (Å²) in [5, 5.41) is 0. The van der Waals surface area contributed by atoms with Crippen molar-refractivity contribution in [2.45, 2.75) is 139 Å². The molecular weight excluding hydrogens is 912 g/mol. The number of alkyl halides is 3. The molecule has 5 aromatic carbocycles. The summed E-state index contributed by atoms with van der Waals surface area (Å²) in [7, 11) is -6.44. The number of halogens is 3. The number of hydrogen-bond donors (Lipinski definition) is 0. The van der Waals surface area contributed by atoms with Gasteiger partial charge in [0.25, 0.3) is 11.8 Å². The van der Waals surface area contributed by atoms with Gasteiger partial charge in [-0.25, -0.2) is 21.7 Å². The molecule has 0 N–H and O–H groups in total. The van der Waals surface area contributed by atoms with Crippen molar-refractivity contribution in [1.82, 2.24) is 0 Å². The first-order chi connectivity index (χ1) is 31.7. The van der Waals surface area contributed by atoms with Crippen LogP contribution in [0.2, 0.25) is 0 Å². The average molecular weight is 974 g/mol. The number of sulfone groups is 2. The molecule has 68 heavy (non-hydrogen) atoms. The molecule has 5 aromatic rings. The van der Waals surface area contributed by atoms with Crippen molar-refractivity contribution < 1.29 is 49.1 Å². The van der Waals surface area contributed by atoms with Gasteiger partial charge in [-0.1, -0.05) is 66.7 Å². The lowest BCUT2D eigenvalue weighted by atomic mass is 10.00. The molecule has 2 atom stereocenters. The van der Waals surface area contributed by atoms with Crippen molar-refractivity contribution in [2.75, 3.05) is 4.90 Å². The molecule has 0 spiro atoms. The molecule has 0 aliphatic carbocycles. The molecule has 1 fully saturated rings. The van der Waals surface area contributed by atoms with Crippen LogP contribution in [0.3, 0.4) is 0 Å². The first-order valence-electron chi connectivity index (χ1n) is 22.9. The third kappa shape index (κ3) is 13.3. The fraction of sp³-hybridized carbons (Fsp3) is 0.407. The van der Waals surface area contributed by atoms with E-state index in [0.717, 1.165) is 77.3 Å². The highest BCUT2D eigenvalue weighted by molar-refractivity contribution is 7.92. The molecule has 2 aliphatic rings. The minimum atomic E-state index is -4.51. The topological polar surface area (TPSA) is 124 Å². The van der Waals surface area contributed by atoms with E-state index in [0.29, 0.717) is 18.4 Å². The van der Waals surface area contributed by atoms with E-state index in [1.165, 1.54) is 11.1 Å². The van der Waals surface area contributed by atoms with E-state index in [1.54, 1.807) is 71.9 Å². The number of imide groups is 1. The van der Waals surface area contributed by atoms with Crippen LogP contribution in [0.4, 0.5) is 18.9 Å². The molecule has 0 saturated carbocycles. The zero-order valence-corrected chi connectivity index (χ0v) is 41.7. The van der Waals surface area contributed by atoms with Crippen molar-refractivity contribution in [3.8, 4) is 5.75 Å². The maximum absolute atomic E-state index is 13.0. The Morgan fingerprint density at radius 2 is 0.926 bits per heavy atom. The van der Waals surface area contributed by atoms with Crippen LogP contribution in [0.15, 0.2) is 115 Å². The van der Waals surface area contributed by atoms with E-state index >= 15 is 0 Å². The van der Waals surface area contributed by atoms with Gasteiger partial charge in [-0.2, -0.15) is 13.2 Å². The summed E-state index contributed by atoms with van der Waals surface area (Å²) in [4.78, 5) is 26.7. The number of rotatable bonds is 13. The fourth-order valence-corrected chi connectivity index (χ4v) is 10.0. The van der Waals surface area contributed by atoms with Crippen LogP contribution < -0.4 is 9.64 Å². The molecule has 7 rings (SSSR count). The molecule has 2 amide bonds. The van der Waals surface area contributed by atoms with Gasteiger partial charge >= 0.3 is 6.18 Å². The van der Waals surface area contributed by atoms with Crippen molar-refractivity contribution in [2.24, 2.45) is 0 Å². The van der Waals surface area contributed by atoms with E-state index in [1.807, 2.05) is 36.4 Å². The van der Waals surface area contributed by atoms with Gasteiger partial charge < -0.3 is 9.47 Å². The number of hydrogen-bond acceptors (Lipinski definition) is 8. The highest BCUT2D eigenvalue weighted by Crippen LogP contribution is 2.34. The Morgan fingerprint density at radius 3 is 1.35 bits per heavy atom. The summed E-state index contributed by atoms with van der Waals surface area (Å²) in [5.74, 6) is -0.187. The number of ether oxygens (including phenoxy) is 2. The number of fused-ring (bicyclic) bond motifs is 1. The predicted octanol–water partition coefficient (Wildman–Crippen LogP) is 11.5. The second-order valence-corrected chi connectivity index (χ2v) is 25.3. The Balaban J connectivity index is 0.000000228. The minimum absolute atomic E-state index is 0.0345. The second-order valence-electron chi connectivity index (χ2n) is 19.9. The van der Waals surface area contributed by atoms with Gasteiger partial charge in [0.15, 0.2) is 19.7 Å². The largest absolute Gasteiger partial charge is 0.490 e. The summed E-state index contributed by atoms with van der Waals surface area (Å²) in [6.07, 6.45) is 1.11. The van der Waals surface area contributed by atoms with Crippen molar-refractivity contribution in [3.63, 3.8) is 0 Å². The number of nitrogens with zero attached hydrogens (tertiary/aromatic N) is 1. The first-order valence-corrected chi connectivity index (χ1v) is 26.2. The molecule has 14 heteroatoms. The first kappa shape index (κ1) is 52.1. The lowest BCUT2D eigenvalue weighted by Gasteiger charge is -2.32. The lowest BCUT2D eigenvalue weighted by molar-refractivity contribution is -0.137. The number of carbonyl (C=O) groups excluding carboxylic acids is 2. The number of anilines is 1. The van der Waals surface area contributed by atoms with Gasteiger partial charge in [-0.15, -0.1) is 0 Å². The predicted molar refractivity (Wildman–Crippen MR) is 262 cm³/mol. The SMILES string of the molecule is CC(C)(C)S(=O)(=O)Cc1ccc(CCc2ccc3c(c2)C(=O)N(c2ccc(C(F)(F)F)cc2)C3=O)cc1.CC1CC(Oc2ccc(CCc3ccc(CS(=O)(=O)C(C)(C)C)cc3)cc2)CC(C)O1. The van der Waals surface area contributed by atoms with E-state index in [9.17, 15) is 39.6 Å².